The van der Waals surface area contributed by atoms with E-state index in [0.29, 0.717) is 55.3 Å². The van der Waals surface area contributed by atoms with Crippen LogP contribution in [0.2, 0.25) is 0 Å². The van der Waals surface area contributed by atoms with Gasteiger partial charge in [-0.15, -0.1) is 0 Å². The summed E-state index contributed by atoms with van der Waals surface area (Å²) in [6.45, 7) is 2.79. The fourth-order valence-electron chi connectivity index (χ4n) is 5.54. The van der Waals surface area contributed by atoms with Gasteiger partial charge in [0, 0.05) is 37.1 Å². The van der Waals surface area contributed by atoms with E-state index in [1.807, 2.05) is 12.1 Å². The van der Waals surface area contributed by atoms with E-state index in [4.69, 9.17) is 19.7 Å². The molecule has 24 heteroatoms. The Morgan fingerprint density at radius 1 is 0.567 bits per heavy atom. The van der Waals surface area contributed by atoms with Crippen LogP contribution in [-0.4, -0.2) is 63.9 Å². The van der Waals surface area contributed by atoms with Crippen LogP contribution in [0.5, 0.6) is 23.3 Å². The first-order chi connectivity index (χ1) is 31.7. The number of carboxylic acid groups (broad SMARTS) is 2. The second-order valence-corrected chi connectivity index (χ2v) is 15.5. The highest BCUT2D eigenvalue weighted by atomic mass is 32.1. The highest BCUT2D eigenvalue weighted by Gasteiger charge is 2.31. The Morgan fingerprint density at radius 3 is 1.25 bits per heavy atom. The number of aromatic nitrogens is 6. The lowest BCUT2D eigenvalue weighted by atomic mass is 10.1. The Morgan fingerprint density at radius 2 is 0.940 bits per heavy atom. The van der Waals surface area contributed by atoms with Crippen LogP contribution in [0.15, 0.2) is 110 Å². The Hall–Kier alpha value is -8.12. The lowest BCUT2D eigenvalue weighted by Gasteiger charge is -2.09. The first-order valence-corrected chi connectivity index (χ1v) is 20.5. The molecular weight excluding hydrogens is 935 g/mol. The second kappa shape index (κ2) is 20.8. The monoisotopic (exact) mass is 964 g/mol. The number of hydrogen-bond acceptors (Lipinski definition) is 14. The number of rotatable bonds is 10. The van der Waals surface area contributed by atoms with Crippen LogP contribution in [0.4, 0.5) is 36.6 Å². The van der Waals surface area contributed by atoms with Crippen LogP contribution in [0.25, 0.3) is 42.9 Å². The molecule has 2 amide bonds. The average Bonchev–Trinajstić information content (AvgIpc) is 3.87. The van der Waals surface area contributed by atoms with E-state index in [1.165, 1.54) is 85.6 Å². The summed E-state index contributed by atoms with van der Waals surface area (Å²) >= 11 is 2.61. The Bertz CT molecular complexity index is 2870. The van der Waals surface area contributed by atoms with Gasteiger partial charge in [-0.2, -0.15) is 26.3 Å². The molecule has 0 saturated carbocycles. The molecule has 4 heterocycles. The number of anilines is 2. The highest BCUT2D eigenvalue weighted by Crippen LogP contribution is 2.37. The molecular formula is C43H30F6N8O8S2. The number of carbonyl (C=O) groups excluding carboxylic acids is 2. The van der Waals surface area contributed by atoms with Crippen molar-refractivity contribution in [3.63, 3.8) is 0 Å². The number of aliphatic carboxylic acids is 2. The van der Waals surface area contributed by atoms with E-state index in [-0.39, 0.29) is 23.6 Å². The van der Waals surface area contributed by atoms with Gasteiger partial charge in [0.15, 0.2) is 21.8 Å². The molecule has 0 spiro atoms. The van der Waals surface area contributed by atoms with Crippen LogP contribution in [-0.2, 0) is 31.5 Å². The fourth-order valence-corrected chi connectivity index (χ4v) is 7.40. The molecule has 0 fully saturated rings. The minimum absolute atomic E-state index is 0.210. The van der Waals surface area contributed by atoms with Gasteiger partial charge in [-0.1, -0.05) is 59.1 Å². The molecule has 4 aromatic carbocycles. The van der Waals surface area contributed by atoms with E-state index in [1.54, 1.807) is 24.3 Å². The van der Waals surface area contributed by atoms with Crippen LogP contribution in [0.1, 0.15) is 31.4 Å². The maximum Gasteiger partial charge on any atom is 0.416 e. The van der Waals surface area contributed by atoms with Gasteiger partial charge in [0.1, 0.15) is 30.1 Å². The summed E-state index contributed by atoms with van der Waals surface area (Å²) in [6, 6.07) is 23.1. The number of para-hydroxylation sites is 2. The summed E-state index contributed by atoms with van der Waals surface area (Å²) in [4.78, 5) is 66.5. The Labute approximate surface area is 381 Å². The van der Waals surface area contributed by atoms with Crippen LogP contribution in [0.3, 0.4) is 0 Å². The molecule has 344 valence electrons. The summed E-state index contributed by atoms with van der Waals surface area (Å²) < 4.78 is 89.9. The topological polar surface area (TPSA) is 229 Å². The van der Waals surface area contributed by atoms with E-state index < -0.39 is 41.8 Å². The van der Waals surface area contributed by atoms with Gasteiger partial charge in [0.2, 0.25) is 23.6 Å². The summed E-state index contributed by atoms with van der Waals surface area (Å²) in [5.41, 5.74) is 1.46. The molecule has 0 radical (unpaired) electrons. The largest absolute Gasteiger partial charge is 0.481 e. The van der Waals surface area contributed by atoms with Gasteiger partial charge in [-0.25, -0.2) is 29.9 Å². The summed E-state index contributed by atoms with van der Waals surface area (Å²) in [5.74, 6) is -1.81. The zero-order chi connectivity index (χ0) is 48.5. The first-order valence-electron chi connectivity index (χ1n) is 18.8. The first kappa shape index (κ1) is 48.3. The van der Waals surface area contributed by atoms with E-state index in [9.17, 15) is 45.5 Å². The van der Waals surface area contributed by atoms with Gasteiger partial charge in [0.25, 0.3) is 0 Å². The van der Waals surface area contributed by atoms with Crippen molar-refractivity contribution in [2.24, 2.45) is 0 Å². The van der Waals surface area contributed by atoms with Gasteiger partial charge < -0.3 is 30.3 Å². The number of benzene rings is 4. The van der Waals surface area contributed by atoms with E-state index in [2.05, 4.69) is 40.5 Å². The van der Waals surface area contributed by atoms with Crippen LogP contribution < -0.4 is 20.1 Å². The molecule has 0 aliphatic carbocycles. The molecule has 16 nitrogen and oxygen atoms in total. The predicted octanol–water partition coefficient (Wildman–Crippen LogP) is 10.6. The van der Waals surface area contributed by atoms with Gasteiger partial charge in [-0.3, -0.25) is 19.2 Å². The molecule has 0 unspecified atom stereocenters. The zero-order valence-electron chi connectivity index (χ0n) is 34.2. The van der Waals surface area contributed by atoms with Gasteiger partial charge in [-0.05, 0) is 48.5 Å². The van der Waals surface area contributed by atoms with Crippen molar-refractivity contribution in [1.82, 2.24) is 29.9 Å². The predicted molar refractivity (Wildman–Crippen MR) is 233 cm³/mol. The summed E-state index contributed by atoms with van der Waals surface area (Å²) in [7, 11) is 0. The van der Waals surface area contributed by atoms with Crippen molar-refractivity contribution in [2.75, 3.05) is 10.6 Å². The maximum atomic E-state index is 12.8. The highest BCUT2D eigenvalue weighted by molar-refractivity contribution is 7.22. The third kappa shape index (κ3) is 13.5. The lowest BCUT2D eigenvalue weighted by molar-refractivity contribution is -0.147. The number of alkyl halides is 6. The minimum atomic E-state index is -4.40. The normalized spacial score (nSPS) is 11.1. The van der Waals surface area contributed by atoms with Crippen molar-refractivity contribution < 1.29 is 65.2 Å². The minimum Gasteiger partial charge on any atom is -0.481 e. The number of carboxylic acids is 2. The van der Waals surface area contributed by atoms with Crippen molar-refractivity contribution >= 4 is 77.1 Å². The molecule has 0 atom stereocenters. The van der Waals surface area contributed by atoms with Crippen molar-refractivity contribution in [3.05, 3.63) is 121 Å². The molecule has 0 aliphatic heterocycles. The molecule has 0 saturated heterocycles. The fraction of sp³-hybridized carbons (Fsp3) is 0.116. The standard InChI is InChI=1S/2C20H13F3N4O2S.C3H4O4/c2*1-11(28)26-19-27-18-15(3-2-4-16(18)30-19)29-17-9-14(24-10-25-17)12-5-7-13(8-6-12)20(21,22)23;4-2(5)1-3(6)7/h2*2-10H,1H3,(H,26,27,28);1H2,(H,4,5)(H,6,7). The number of thiazole rings is 2. The molecule has 8 rings (SSSR count). The van der Waals surface area contributed by atoms with Crippen molar-refractivity contribution in [3.8, 4) is 45.8 Å². The Kier molecular flexibility index (Phi) is 15.0. The zero-order valence-corrected chi connectivity index (χ0v) is 35.8. The number of nitrogens with one attached hydrogen (secondary N) is 2. The number of fused-ring (bicyclic) bond motifs is 2. The molecule has 0 aliphatic rings. The van der Waals surface area contributed by atoms with Crippen molar-refractivity contribution in [1.29, 1.82) is 0 Å². The SMILES string of the molecule is CC(=O)Nc1nc2c(Oc3cc(-c4ccc(C(F)(F)F)cc4)ncn3)cccc2s1.CC(=O)Nc1nc2c(Oc3cc(-c4ccc(C(F)(F)F)cc4)ncn3)cccc2s1.O=C(O)CC(=O)O. The second-order valence-electron chi connectivity index (χ2n) is 13.4. The number of ether oxygens (including phenoxy) is 2. The summed E-state index contributed by atoms with van der Waals surface area (Å²) in [6.07, 6.45) is -7.07. The van der Waals surface area contributed by atoms with E-state index in [0.717, 1.165) is 33.7 Å². The van der Waals surface area contributed by atoms with Gasteiger partial charge >= 0.3 is 24.3 Å². The average molecular weight is 965 g/mol. The number of halogens is 6. The lowest BCUT2D eigenvalue weighted by Crippen LogP contribution is -2.04. The third-order valence-corrected chi connectivity index (χ3v) is 10.2. The molecule has 4 aromatic heterocycles. The van der Waals surface area contributed by atoms with Crippen LogP contribution in [0, 0.1) is 0 Å². The number of carbonyl (C=O) groups is 4. The summed E-state index contributed by atoms with van der Waals surface area (Å²) in [5, 5.41) is 21.6. The quantitative estimate of drug-likeness (QED) is 0.0738. The van der Waals surface area contributed by atoms with Gasteiger partial charge in [0.05, 0.1) is 31.9 Å². The number of amides is 2. The molecule has 8 aromatic rings. The van der Waals surface area contributed by atoms with Crippen LogP contribution >= 0.6 is 22.7 Å². The smallest absolute Gasteiger partial charge is 0.416 e. The maximum absolute atomic E-state index is 12.8. The number of nitrogens with zero attached hydrogens (tertiary/aromatic N) is 6. The third-order valence-electron chi connectivity index (χ3n) is 8.36. The molecule has 0 bridgehead atoms. The van der Waals surface area contributed by atoms with Crippen molar-refractivity contribution in [2.45, 2.75) is 32.6 Å². The molecule has 4 N–H and O–H groups in total. The Balaban J connectivity index is 0.000000194. The molecule has 67 heavy (non-hydrogen) atoms. The number of hydrogen-bond donors (Lipinski definition) is 4. The van der Waals surface area contributed by atoms with E-state index >= 15 is 0 Å².